The van der Waals surface area contributed by atoms with E-state index < -0.39 is 0 Å². The molecule has 2 aromatic carbocycles. The summed E-state index contributed by atoms with van der Waals surface area (Å²) >= 11 is 0. The molecule has 1 heteroatoms. The fourth-order valence-corrected chi connectivity index (χ4v) is 3.42. The summed E-state index contributed by atoms with van der Waals surface area (Å²) in [6.45, 7) is 7.67. The van der Waals surface area contributed by atoms with E-state index >= 15 is 0 Å². The van der Waals surface area contributed by atoms with Gasteiger partial charge >= 0.3 is 0 Å². The quantitative estimate of drug-likeness (QED) is 0.688. The van der Waals surface area contributed by atoms with E-state index in [0.717, 1.165) is 19.4 Å². The molecule has 0 saturated carbocycles. The van der Waals surface area contributed by atoms with Crippen molar-refractivity contribution in [3.8, 4) is 0 Å². The Morgan fingerprint density at radius 2 is 1.64 bits per heavy atom. The van der Waals surface area contributed by atoms with Gasteiger partial charge in [0.2, 0.25) is 0 Å². The minimum absolute atomic E-state index is 0.436. The Labute approximate surface area is 134 Å². The average molecular weight is 291 g/mol. The molecular formula is C21H25N. The summed E-state index contributed by atoms with van der Waals surface area (Å²) in [4.78, 5) is 2.66. The molecule has 1 fully saturated rings. The van der Waals surface area contributed by atoms with Crippen molar-refractivity contribution in [2.45, 2.75) is 44.8 Å². The van der Waals surface area contributed by atoms with E-state index in [2.05, 4.69) is 79.1 Å². The van der Waals surface area contributed by atoms with Crippen LogP contribution in [0.5, 0.6) is 0 Å². The zero-order valence-corrected chi connectivity index (χ0v) is 13.4. The molecule has 0 aliphatic carbocycles. The van der Waals surface area contributed by atoms with Gasteiger partial charge in [-0.2, -0.15) is 0 Å². The van der Waals surface area contributed by atoms with Gasteiger partial charge < -0.3 is 0 Å². The van der Waals surface area contributed by atoms with E-state index in [-0.39, 0.29) is 0 Å². The fraction of sp³-hybridized carbons (Fsp3) is 0.333. The van der Waals surface area contributed by atoms with Crippen LogP contribution in [0.3, 0.4) is 0 Å². The van der Waals surface area contributed by atoms with Crippen LogP contribution in [0, 0.1) is 0 Å². The number of likely N-dealkylation sites (tertiary alicyclic amines) is 1. The summed E-state index contributed by atoms with van der Waals surface area (Å²) in [5.41, 5.74) is 4.19. The van der Waals surface area contributed by atoms with Crippen LogP contribution in [-0.2, 0) is 6.54 Å². The van der Waals surface area contributed by atoms with E-state index in [4.69, 9.17) is 0 Å². The number of hydrogen-bond donors (Lipinski definition) is 0. The first-order valence-electron chi connectivity index (χ1n) is 8.25. The molecule has 0 N–H and O–H groups in total. The smallest absolute Gasteiger partial charge is 0.0391 e. The van der Waals surface area contributed by atoms with Gasteiger partial charge in [0.1, 0.15) is 0 Å². The molecule has 2 atom stereocenters. The van der Waals surface area contributed by atoms with E-state index in [0.29, 0.717) is 12.1 Å². The van der Waals surface area contributed by atoms with Gasteiger partial charge in [0.15, 0.2) is 0 Å². The molecule has 22 heavy (non-hydrogen) atoms. The second-order valence-corrected chi connectivity index (χ2v) is 6.43. The van der Waals surface area contributed by atoms with E-state index in [1.807, 2.05) is 0 Å². The largest absolute Gasteiger partial charge is 0.289 e. The third-order valence-electron chi connectivity index (χ3n) is 4.76. The lowest BCUT2D eigenvalue weighted by Gasteiger charge is -2.35. The first-order valence-corrected chi connectivity index (χ1v) is 8.25. The second kappa shape index (κ2) is 6.93. The molecule has 0 spiro atoms. The van der Waals surface area contributed by atoms with Crippen LogP contribution in [0.2, 0.25) is 0 Å². The molecule has 0 radical (unpaired) electrons. The highest BCUT2D eigenvalue weighted by molar-refractivity contribution is 5.23. The molecule has 1 aliphatic heterocycles. The summed E-state index contributed by atoms with van der Waals surface area (Å²) in [5.74, 6) is 0. The van der Waals surface area contributed by atoms with Crippen LogP contribution in [-0.4, -0.2) is 10.9 Å². The molecule has 1 aliphatic rings. The van der Waals surface area contributed by atoms with Crippen LogP contribution >= 0.6 is 0 Å². The monoisotopic (exact) mass is 291 g/mol. The van der Waals surface area contributed by atoms with Crippen molar-refractivity contribution in [1.29, 1.82) is 0 Å². The zero-order valence-electron chi connectivity index (χ0n) is 13.4. The van der Waals surface area contributed by atoms with Crippen LogP contribution in [0.25, 0.3) is 0 Å². The SMILES string of the molecule is C=C1CC[C@@H](C)N(Cc2ccccc2)[C@H](c2ccccc2)C1. The summed E-state index contributed by atoms with van der Waals surface area (Å²) in [5, 5.41) is 0. The summed E-state index contributed by atoms with van der Waals surface area (Å²) in [6.07, 6.45) is 3.42. The number of hydrogen-bond acceptors (Lipinski definition) is 1. The molecule has 114 valence electrons. The van der Waals surface area contributed by atoms with Gasteiger partial charge in [-0.3, -0.25) is 4.90 Å². The first-order chi connectivity index (χ1) is 10.7. The summed E-state index contributed by atoms with van der Waals surface area (Å²) < 4.78 is 0. The predicted molar refractivity (Wildman–Crippen MR) is 93.6 cm³/mol. The first kappa shape index (κ1) is 15.1. The highest BCUT2D eigenvalue weighted by atomic mass is 15.2. The molecule has 0 aromatic heterocycles. The minimum atomic E-state index is 0.436. The molecule has 0 amide bonds. The predicted octanol–water partition coefficient (Wildman–Crippen LogP) is 5.36. The molecule has 1 heterocycles. The maximum absolute atomic E-state index is 4.30. The van der Waals surface area contributed by atoms with Crippen LogP contribution < -0.4 is 0 Å². The van der Waals surface area contributed by atoms with Crippen molar-refractivity contribution in [3.63, 3.8) is 0 Å². The van der Waals surface area contributed by atoms with E-state index in [1.165, 1.54) is 23.1 Å². The molecule has 3 rings (SSSR count). The van der Waals surface area contributed by atoms with Gasteiger partial charge in [-0.15, -0.1) is 0 Å². The second-order valence-electron chi connectivity index (χ2n) is 6.43. The van der Waals surface area contributed by atoms with Gasteiger partial charge in [0.25, 0.3) is 0 Å². The third kappa shape index (κ3) is 3.48. The lowest BCUT2D eigenvalue weighted by Crippen LogP contribution is -2.34. The van der Waals surface area contributed by atoms with Gasteiger partial charge in [-0.1, -0.05) is 72.8 Å². The van der Waals surface area contributed by atoms with Crippen molar-refractivity contribution in [2.75, 3.05) is 0 Å². The zero-order chi connectivity index (χ0) is 15.4. The number of benzene rings is 2. The molecule has 0 bridgehead atoms. The maximum atomic E-state index is 4.30. The highest BCUT2D eigenvalue weighted by Crippen LogP contribution is 2.36. The molecule has 1 saturated heterocycles. The maximum Gasteiger partial charge on any atom is 0.0391 e. The van der Waals surface area contributed by atoms with Gasteiger partial charge in [0, 0.05) is 18.6 Å². The van der Waals surface area contributed by atoms with Crippen molar-refractivity contribution >= 4 is 0 Å². The molecule has 1 nitrogen and oxygen atoms in total. The average Bonchev–Trinajstić information content (AvgIpc) is 2.70. The molecular weight excluding hydrogens is 266 g/mol. The number of nitrogens with zero attached hydrogens (tertiary/aromatic N) is 1. The van der Waals surface area contributed by atoms with E-state index in [9.17, 15) is 0 Å². The Bertz CT molecular complexity index is 602. The van der Waals surface area contributed by atoms with Crippen molar-refractivity contribution < 1.29 is 0 Å². The van der Waals surface area contributed by atoms with Gasteiger partial charge in [0.05, 0.1) is 0 Å². The summed E-state index contributed by atoms with van der Waals surface area (Å²) in [7, 11) is 0. The van der Waals surface area contributed by atoms with Crippen molar-refractivity contribution in [3.05, 3.63) is 83.9 Å². The Morgan fingerprint density at radius 1 is 1.00 bits per heavy atom. The number of rotatable bonds is 3. The van der Waals surface area contributed by atoms with Crippen LogP contribution in [0.15, 0.2) is 72.8 Å². The van der Waals surface area contributed by atoms with Crippen molar-refractivity contribution in [2.24, 2.45) is 0 Å². The lowest BCUT2D eigenvalue weighted by atomic mass is 9.98. The Kier molecular flexibility index (Phi) is 4.74. The Hall–Kier alpha value is -1.86. The molecule has 0 unspecified atom stereocenters. The molecule has 2 aromatic rings. The Morgan fingerprint density at radius 3 is 2.32 bits per heavy atom. The van der Waals surface area contributed by atoms with Gasteiger partial charge in [-0.25, -0.2) is 0 Å². The fourth-order valence-electron chi connectivity index (χ4n) is 3.42. The standard InChI is InChI=1S/C21H25N/c1-17-13-14-18(2)22(16-19-9-5-3-6-10-19)21(15-17)20-11-7-4-8-12-20/h3-12,18,21H,1,13-16H2,2H3/t18-,21+/m1/s1. The van der Waals surface area contributed by atoms with Crippen LogP contribution in [0.1, 0.15) is 43.4 Å². The highest BCUT2D eigenvalue weighted by Gasteiger charge is 2.28. The van der Waals surface area contributed by atoms with Crippen molar-refractivity contribution in [1.82, 2.24) is 4.90 Å². The topological polar surface area (TPSA) is 3.24 Å². The normalized spacial score (nSPS) is 23.2. The lowest BCUT2D eigenvalue weighted by molar-refractivity contribution is 0.138. The third-order valence-corrected chi connectivity index (χ3v) is 4.76. The minimum Gasteiger partial charge on any atom is -0.289 e. The Balaban J connectivity index is 1.91. The summed E-state index contributed by atoms with van der Waals surface area (Å²) in [6, 6.07) is 22.7. The van der Waals surface area contributed by atoms with Gasteiger partial charge in [-0.05, 0) is 37.3 Å². The van der Waals surface area contributed by atoms with E-state index in [1.54, 1.807) is 0 Å². The van der Waals surface area contributed by atoms with Crippen LogP contribution in [0.4, 0.5) is 0 Å².